The number of aliphatic hydroxyl groups excluding tert-OH is 1. The molecule has 0 fully saturated rings. The van der Waals surface area contributed by atoms with E-state index >= 15 is 0 Å². The van der Waals surface area contributed by atoms with Crippen LogP contribution in [0.5, 0.6) is 0 Å². The monoisotopic (exact) mass is 382 g/mol. The Kier molecular flexibility index (Phi) is 7.60. The number of aliphatic hydroxyl groups is 1. The highest BCUT2D eigenvalue weighted by Crippen LogP contribution is 2.36. The zero-order valence-corrected chi connectivity index (χ0v) is 18.2. The fourth-order valence-corrected chi connectivity index (χ4v) is 8.31. The van der Waals surface area contributed by atoms with Crippen molar-refractivity contribution >= 4 is 18.7 Å². The van der Waals surface area contributed by atoms with Crippen LogP contribution in [0.4, 0.5) is 0 Å². The second kappa shape index (κ2) is 9.49. The molecule has 2 rings (SSSR count). The van der Waals surface area contributed by atoms with Crippen LogP contribution in [-0.4, -0.2) is 26.1 Å². The van der Waals surface area contributed by atoms with E-state index in [0.29, 0.717) is 6.61 Å². The van der Waals surface area contributed by atoms with Crippen LogP contribution in [-0.2, 0) is 4.43 Å². The van der Waals surface area contributed by atoms with Gasteiger partial charge in [-0.2, -0.15) is 0 Å². The molecule has 27 heavy (non-hydrogen) atoms. The summed E-state index contributed by atoms with van der Waals surface area (Å²) >= 11 is 0. The molecule has 0 heterocycles. The van der Waals surface area contributed by atoms with Gasteiger partial charge in [0.25, 0.3) is 8.32 Å². The first kappa shape index (κ1) is 21.6. The van der Waals surface area contributed by atoms with Crippen LogP contribution in [0, 0.1) is 5.92 Å². The average molecular weight is 383 g/mol. The smallest absolute Gasteiger partial charge is 0.261 e. The molecule has 0 bridgehead atoms. The molecule has 0 saturated heterocycles. The Hall–Kier alpha value is -1.68. The van der Waals surface area contributed by atoms with Crippen LogP contribution in [0.3, 0.4) is 0 Å². The molecule has 2 atom stereocenters. The van der Waals surface area contributed by atoms with Gasteiger partial charge in [0.05, 0.1) is 6.10 Å². The van der Waals surface area contributed by atoms with E-state index in [1.807, 2.05) is 13.0 Å². The van der Waals surface area contributed by atoms with Crippen LogP contribution in [0.1, 0.15) is 40.5 Å². The number of benzene rings is 2. The molecule has 0 saturated carbocycles. The summed E-state index contributed by atoms with van der Waals surface area (Å²) in [5.41, 5.74) is 0. The van der Waals surface area contributed by atoms with Crippen LogP contribution >= 0.6 is 0 Å². The lowest BCUT2D eigenvalue weighted by atomic mass is 10.0. The fourth-order valence-electron chi connectivity index (χ4n) is 3.70. The zero-order valence-electron chi connectivity index (χ0n) is 17.2. The zero-order chi connectivity index (χ0) is 19.9. The highest BCUT2D eigenvalue weighted by atomic mass is 28.4. The summed E-state index contributed by atoms with van der Waals surface area (Å²) in [5.74, 6) is 0.109. The average Bonchev–Trinajstić information content (AvgIpc) is 2.67. The Bertz CT molecular complexity index is 652. The molecule has 0 aliphatic heterocycles. The van der Waals surface area contributed by atoms with Gasteiger partial charge in [-0.1, -0.05) is 94.4 Å². The quantitative estimate of drug-likeness (QED) is 0.392. The molecule has 0 spiro atoms. The first-order valence-electron chi connectivity index (χ1n) is 9.88. The standard InChI is InChI=1S/C24H34O2Si/c1-6-20(2)23(25)18-13-19-26-27(24(3,4)5,21-14-9-7-10-15-21)22-16-11-8-12-17-22/h6-12,14-17,20,23,25H,1,13,18-19H2,2-5H3/t20-,23+/m0/s1. The molecule has 1 N–H and O–H groups in total. The molecule has 2 aromatic rings. The van der Waals surface area contributed by atoms with E-state index < -0.39 is 8.32 Å². The summed E-state index contributed by atoms with van der Waals surface area (Å²) in [6.45, 7) is 13.3. The molecular weight excluding hydrogens is 348 g/mol. The second-order valence-electron chi connectivity index (χ2n) is 8.32. The van der Waals surface area contributed by atoms with Gasteiger partial charge in [-0.25, -0.2) is 0 Å². The van der Waals surface area contributed by atoms with Crippen molar-refractivity contribution in [3.63, 3.8) is 0 Å². The van der Waals surface area contributed by atoms with Gasteiger partial charge in [-0.3, -0.25) is 0 Å². The van der Waals surface area contributed by atoms with Crippen molar-refractivity contribution in [1.82, 2.24) is 0 Å². The Balaban J connectivity index is 2.31. The van der Waals surface area contributed by atoms with Crippen molar-refractivity contribution < 1.29 is 9.53 Å². The van der Waals surface area contributed by atoms with Crippen molar-refractivity contribution in [2.45, 2.75) is 51.7 Å². The number of hydrogen-bond donors (Lipinski definition) is 1. The largest absolute Gasteiger partial charge is 0.407 e. The summed E-state index contributed by atoms with van der Waals surface area (Å²) in [7, 11) is -2.46. The highest BCUT2D eigenvalue weighted by Gasteiger charge is 2.49. The Morgan fingerprint density at radius 3 is 1.89 bits per heavy atom. The van der Waals surface area contributed by atoms with Crippen LogP contribution in [0.15, 0.2) is 73.3 Å². The van der Waals surface area contributed by atoms with Crippen LogP contribution in [0.2, 0.25) is 5.04 Å². The van der Waals surface area contributed by atoms with Gasteiger partial charge in [-0.15, -0.1) is 6.58 Å². The first-order valence-corrected chi connectivity index (χ1v) is 11.8. The third-order valence-electron chi connectivity index (χ3n) is 5.36. The maximum atomic E-state index is 10.2. The molecule has 0 unspecified atom stereocenters. The molecule has 0 amide bonds. The molecule has 0 radical (unpaired) electrons. The van der Waals surface area contributed by atoms with E-state index in [-0.39, 0.29) is 17.1 Å². The lowest BCUT2D eigenvalue weighted by molar-refractivity contribution is 0.118. The van der Waals surface area contributed by atoms with E-state index in [1.165, 1.54) is 10.4 Å². The fraction of sp³-hybridized carbons (Fsp3) is 0.417. The molecule has 0 aliphatic carbocycles. The normalized spacial score (nSPS) is 14.6. The summed E-state index contributed by atoms with van der Waals surface area (Å²) in [6, 6.07) is 21.4. The Labute approximate surface area is 166 Å². The van der Waals surface area contributed by atoms with E-state index in [2.05, 4.69) is 88.0 Å². The minimum atomic E-state index is -2.46. The van der Waals surface area contributed by atoms with Crippen molar-refractivity contribution in [3.05, 3.63) is 73.3 Å². The lowest BCUT2D eigenvalue weighted by Crippen LogP contribution is -2.66. The third-order valence-corrected chi connectivity index (χ3v) is 10.4. The molecule has 3 heteroatoms. The summed E-state index contributed by atoms with van der Waals surface area (Å²) in [4.78, 5) is 0. The molecule has 0 aromatic heterocycles. The minimum Gasteiger partial charge on any atom is -0.407 e. The molecular formula is C24H34O2Si. The number of rotatable bonds is 9. The van der Waals surface area contributed by atoms with E-state index in [4.69, 9.17) is 4.43 Å². The summed E-state index contributed by atoms with van der Waals surface area (Å²) in [6.07, 6.45) is 3.02. The third kappa shape index (κ3) is 4.98. The Morgan fingerprint density at radius 1 is 1.00 bits per heavy atom. The lowest BCUT2D eigenvalue weighted by Gasteiger charge is -2.43. The van der Waals surface area contributed by atoms with Crippen LogP contribution in [0.25, 0.3) is 0 Å². The van der Waals surface area contributed by atoms with Gasteiger partial charge in [0, 0.05) is 6.61 Å². The van der Waals surface area contributed by atoms with Gasteiger partial charge in [0.2, 0.25) is 0 Å². The molecule has 2 aromatic carbocycles. The first-order chi connectivity index (χ1) is 12.8. The van der Waals surface area contributed by atoms with E-state index in [1.54, 1.807) is 0 Å². The van der Waals surface area contributed by atoms with E-state index in [9.17, 15) is 5.11 Å². The van der Waals surface area contributed by atoms with Gasteiger partial charge in [0.1, 0.15) is 0 Å². The molecule has 0 aliphatic rings. The van der Waals surface area contributed by atoms with Gasteiger partial charge < -0.3 is 9.53 Å². The van der Waals surface area contributed by atoms with Gasteiger partial charge in [-0.05, 0) is 34.2 Å². The molecule has 146 valence electrons. The van der Waals surface area contributed by atoms with Gasteiger partial charge >= 0.3 is 0 Å². The maximum Gasteiger partial charge on any atom is 0.261 e. The Morgan fingerprint density at radius 2 is 1.48 bits per heavy atom. The topological polar surface area (TPSA) is 29.5 Å². The molecule has 2 nitrogen and oxygen atoms in total. The number of hydrogen-bond acceptors (Lipinski definition) is 2. The second-order valence-corrected chi connectivity index (χ2v) is 12.6. The van der Waals surface area contributed by atoms with E-state index in [0.717, 1.165) is 12.8 Å². The summed E-state index contributed by atoms with van der Waals surface area (Å²) < 4.78 is 6.83. The SMILES string of the molecule is C=C[C@H](C)[C@H](O)CCCO[Si](c1ccccc1)(c1ccccc1)C(C)(C)C. The van der Waals surface area contributed by atoms with Crippen molar-refractivity contribution in [1.29, 1.82) is 0 Å². The maximum absolute atomic E-state index is 10.2. The predicted molar refractivity (Wildman–Crippen MR) is 118 cm³/mol. The van der Waals surface area contributed by atoms with Crippen molar-refractivity contribution in [3.8, 4) is 0 Å². The van der Waals surface area contributed by atoms with Crippen molar-refractivity contribution in [2.75, 3.05) is 6.61 Å². The predicted octanol–water partition coefficient (Wildman–Crippen LogP) is 4.53. The highest BCUT2D eigenvalue weighted by molar-refractivity contribution is 6.99. The van der Waals surface area contributed by atoms with Crippen molar-refractivity contribution in [2.24, 2.45) is 5.92 Å². The minimum absolute atomic E-state index is 0.0112. The summed E-state index contributed by atoms with van der Waals surface area (Å²) in [5, 5.41) is 12.8. The van der Waals surface area contributed by atoms with Gasteiger partial charge in [0.15, 0.2) is 0 Å². The van der Waals surface area contributed by atoms with Crippen LogP contribution < -0.4 is 10.4 Å².